The zero-order chi connectivity index (χ0) is 14.1. The van der Waals surface area contributed by atoms with E-state index in [4.69, 9.17) is 15.2 Å². The molecule has 0 fully saturated rings. The zero-order valence-electron chi connectivity index (χ0n) is 12.3. The van der Waals surface area contributed by atoms with Crippen molar-refractivity contribution in [1.29, 1.82) is 0 Å². The Morgan fingerprint density at radius 2 is 2.05 bits per heavy atom. The summed E-state index contributed by atoms with van der Waals surface area (Å²) in [6.45, 7) is 8.79. The third kappa shape index (κ3) is 6.55. The first-order chi connectivity index (χ1) is 9.15. The quantitative estimate of drug-likeness (QED) is 0.698. The number of hydrogen-bond acceptors (Lipinski definition) is 4. The van der Waals surface area contributed by atoms with Crippen LogP contribution in [0.1, 0.15) is 38.4 Å². The Labute approximate surface area is 116 Å². The second-order valence-electron chi connectivity index (χ2n) is 5.08. The molecule has 0 saturated carbocycles. The average molecular weight is 266 g/mol. The van der Waals surface area contributed by atoms with Crippen LogP contribution in [0.3, 0.4) is 0 Å². The molecule has 4 nitrogen and oxygen atoms in total. The Balaban J connectivity index is 2.45. The summed E-state index contributed by atoms with van der Waals surface area (Å²) in [6.07, 6.45) is 2.02. The van der Waals surface area contributed by atoms with Gasteiger partial charge in [0.15, 0.2) is 0 Å². The van der Waals surface area contributed by atoms with Gasteiger partial charge in [-0.2, -0.15) is 0 Å². The van der Waals surface area contributed by atoms with Gasteiger partial charge in [0, 0.05) is 24.9 Å². The van der Waals surface area contributed by atoms with Gasteiger partial charge in [-0.25, -0.2) is 4.98 Å². The number of rotatable bonds is 9. The van der Waals surface area contributed by atoms with Crippen LogP contribution in [0.4, 0.5) is 0 Å². The van der Waals surface area contributed by atoms with E-state index in [2.05, 4.69) is 25.8 Å². The molecule has 1 heterocycles. The summed E-state index contributed by atoms with van der Waals surface area (Å²) in [7, 11) is 0. The highest BCUT2D eigenvalue weighted by atomic mass is 16.5. The van der Waals surface area contributed by atoms with Crippen LogP contribution in [0.15, 0.2) is 12.1 Å². The normalized spacial score (nSPS) is 11.0. The van der Waals surface area contributed by atoms with Crippen LogP contribution in [0.2, 0.25) is 0 Å². The molecule has 19 heavy (non-hydrogen) atoms. The lowest BCUT2D eigenvalue weighted by Gasteiger charge is -2.10. The van der Waals surface area contributed by atoms with Gasteiger partial charge in [-0.05, 0) is 24.0 Å². The fraction of sp³-hybridized carbons (Fsp3) is 0.667. The van der Waals surface area contributed by atoms with Crippen LogP contribution in [0, 0.1) is 5.92 Å². The molecule has 0 radical (unpaired) electrons. The number of ether oxygens (including phenoxy) is 2. The van der Waals surface area contributed by atoms with Gasteiger partial charge in [0.05, 0.1) is 6.61 Å². The molecule has 2 N–H and O–H groups in total. The van der Waals surface area contributed by atoms with Crippen molar-refractivity contribution in [3.05, 3.63) is 23.4 Å². The summed E-state index contributed by atoms with van der Waals surface area (Å²) >= 11 is 0. The molecule has 108 valence electrons. The maximum atomic E-state index is 5.69. The van der Waals surface area contributed by atoms with Crippen molar-refractivity contribution in [3.8, 4) is 5.88 Å². The van der Waals surface area contributed by atoms with Gasteiger partial charge < -0.3 is 15.2 Å². The third-order valence-electron chi connectivity index (χ3n) is 2.59. The van der Waals surface area contributed by atoms with Crippen molar-refractivity contribution in [1.82, 2.24) is 4.98 Å². The maximum absolute atomic E-state index is 5.69. The van der Waals surface area contributed by atoms with E-state index in [1.807, 2.05) is 12.1 Å². The molecule has 1 aromatic heterocycles. The van der Waals surface area contributed by atoms with Crippen molar-refractivity contribution < 1.29 is 9.47 Å². The van der Waals surface area contributed by atoms with Crippen LogP contribution in [0.5, 0.6) is 5.88 Å². The average Bonchev–Trinajstić information content (AvgIpc) is 2.38. The Kier molecular flexibility index (Phi) is 7.45. The SMILES string of the molecule is CCCc1cc(CN)cc(OCCOCC(C)C)n1. The molecule has 0 aliphatic carbocycles. The van der Waals surface area contributed by atoms with E-state index >= 15 is 0 Å². The lowest BCUT2D eigenvalue weighted by molar-refractivity contribution is 0.0805. The van der Waals surface area contributed by atoms with Crippen LogP contribution in [0.25, 0.3) is 0 Å². The predicted molar refractivity (Wildman–Crippen MR) is 77.3 cm³/mol. The summed E-state index contributed by atoms with van der Waals surface area (Å²) in [5, 5.41) is 0. The highest BCUT2D eigenvalue weighted by molar-refractivity contribution is 5.25. The number of aryl methyl sites for hydroxylation is 1. The standard InChI is InChI=1S/C15H26N2O2/c1-4-5-14-8-13(10-16)9-15(17-14)19-7-6-18-11-12(2)3/h8-9,12H,4-7,10-11,16H2,1-3H3. The van der Waals surface area contributed by atoms with Gasteiger partial charge in [0.25, 0.3) is 0 Å². The van der Waals surface area contributed by atoms with Crippen molar-refractivity contribution in [2.75, 3.05) is 19.8 Å². The fourth-order valence-corrected chi connectivity index (χ4v) is 1.72. The number of aromatic nitrogens is 1. The van der Waals surface area contributed by atoms with E-state index in [1.54, 1.807) is 0 Å². The van der Waals surface area contributed by atoms with Crippen LogP contribution in [-0.2, 0) is 17.7 Å². The van der Waals surface area contributed by atoms with Crippen LogP contribution < -0.4 is 10.5 Å². The number of nitrogens with zero attached hydrogens (tertiary/aromatic N) is 1. The molecule has 4 heteroatoms. The van der Waals surface area contributed by atoms with Crippen molar-refractivity contribution in [3.63, 3.8) is 0 Å². The van der Waals surface area contributed by atoms with E-state index in [0.29, 0.717) is 31.6 Å². The molecule has 0 aliphatic heterocycles. The van der Waals surface area contributed by atoms with Gasteiger partial charge >= 0.3 is 0 Å². The highest BCUT2D eigenvalue weighted by Crippen LogP contribution is 2.13. The van der Waals surface area contributed by atoms with E-state index < -0.39 is 0 Å². The van der Waals surface area contributed by atoms with Crippen molar-refractivity contribution in [2.45, 2.75) is 40.2 Å². The largest absolute Gasteiger partial charge is 0.475 e. The van der Waals surface area contributed by atoms with E-state index in [9.17, 15) is 0 Å². The molecule has 0 saturated heterocycles. The maximum Gasteiger partial charge on any atom is 0.213 e. The first kappa shape index (κ1) is 15.9. The number of hydrogen-bond donors (Lipinski definition) is 1. The number of pyridine rings is 1. The zero-order valence-corrected chi connectivity index (χ0v) is 12.3. The summed E-state index contributed by atoms with van der Waals surface area (Å²) in [4.78, 5) is 4.47. The molecule has 0 unspecified atom stereocenters. The Morgan fingerprint density at radius 3 is 2.68 bits per heavy atom. The minimum absolute atomic E-state index is 0.513. The molecule has 0 atom stereocenters. The lowest BCUT2D eigenvalue weighted by Crippen LogP contribution is -2.11. The van der Waals surface area contributed by atoms with Crippen molar-refractivity contribution >= 4 is 0 Å². The molecule has 1 aromatic rings. The molecule has 0 aromatic carbocycles. The Morgan fingerprint density at radius 1 is 1.26 bits per heavy atom. The first-order valence-electron chi connectivity index (χ1n) is 7.06. The van der Waals surface area contributed by atoms with Gasteiger partial charge in [-0.3, -0.25) is 0 Å². The topological polar surface area (TPSA) is 57.4 Å². The second-order valence-corrected chi connectivity index (χ2v) is 5.08. The summed E-state index contributed by atoms with van der Waals surface area (Å²) in [6, 6.07) is 3.95. The summed E-state index contributed by atoms with van der Waals surface area (Å²) in [5.41, 5.74) is 7.80. The van der Waals surface area contributed by atoms with Gasteiger partial charge in [0.1, 0.15) is 6.61 Å². The minimum Gasteiger partial charge on any atom is -0.475 e. The smallest absolute Gasteiger partial charge is 0.213 e. The van der Waals surface area contributed by atoms with Gasteiger partial charge in [0.2, 0.25) is 5.88 Å². The Hall–Kier alpha value is -1.13. The van der Waals surface area contributed by atoms with E-state index in [1.165, 1.54) is 0 Å². The second kappa shape index (κ2) is 8.88. The van der Waals surface area contributed by atoms with Gasteiger partial charge in [-0.1, -0.05) is 27.2 Å². The Bertz CT molecular complexity index is 367. The minimum atomic E-state index is 0.513. The molecular weight excluding hydrogens is 240 g/mol. The monoisotopic (exact) mass is 266 g/mol. The van der Waals surface area contributed by atoms with Crippen LogP contribution in [-0.4, -0.2) is 24.8 Å². The highest BCUT2D eigenvalue weighted by Gasteiger charge is 2.03. The summed E-state index contributed by atoms with van der Waals surface area (Å²) in [5.74, 6) is 1.20. The lowest BCUT2D eigenvalue weighted by atomic mass is 10.1. The molecular formula is C15H26N2O2. The molecule has 1 rings (SSSR count). The molecule has 0 bridgehead atoms. The van der Waals surface area contributed by atoms with E-state index in [-0.39, 0.29) is 0 Å². The van der Waals surface area contributed by atoms with Gasteiger partial charge in [-0.15, -0.1) is 0 Å². The third-order valence-corrected chi connectivity index (χ3v) is 2.59. The number of nitrogens with two attached hydrogens (primary N) is 1. The molecule has 0 spiro atoms. The van der Waals surface area contributed by atoms with Crippen LogP contribution >= 0.6 is 0 Å². The first-order valence-corrected chi connectivity index (χ1v) is 7.06. The molecule has 0 amide bonds. The van der Waals surface area contributed by atoms with E-state index in [0.717, 1.165) is 30.7 Å². The predicted octanol–water partition coefficient (Wildman–Crippen LogP) is 2.54. The fourth-order valence-electron chi connectivity index (χ4n) is 1.72. The summed E-state index contributed by atoms with van der Waals surface area (Å²) < 4.78 is 11.1. The molecule has 0 aliphatic rings. The van der Waals surface area contributed by atoms with Crippen molar-refractivity contribution in [2.24, 2.45) is 11.7 Å².